The molecule has 28 heavy (non-hydrogen) atoms. The van der Waals surface area contributed by atoms with Crippen LogP contribution in [0.15, 0.2) is 48.5 Å². The van der Waals surface area contributed by atoms with E-state index in [0.717, 1.165) is 16.9 Å². The summed E-state index contributed by atoms with van der Waals surface area (Å²) in [7, 11) is 1.60. The van der Waals surface area contributed by atoms with Crippen molar-refractivity contribution in [3.05, 3.63) is 76.9 Å². The maximum Gasteiger partial charge on any atom is 0.274 e. The van der Waals surface area contributed by atoms with Crippen molar-refractivity contribution in [3.8, 4) is 5.75 Å². The number of carbonyl (C=O) groups excluding carboxylic acids is 1. The molecule has 3 aromatic rings. The summed E-state index contributed by atoms with van der Waals surface area (Å²) < 4.78 is 25.8. The number of benzene rings is 2. The predicted molar refractivity (Wildman–Crippen MR) is 98.1 cm³/mol. The lowest BCUT2D eigenvalue weighted by atomic mass is 10.1. The Morgan fingerprint density at radius 2 is 2.14 bits per heavy atom. The topological polar surface area (TPSA) is 78.3 Å². The normalized spacial score (nSPS) is 15.7. The minimum atomic E-state index is -0.312. The Kier molecular flexibility index (Phi) is 5.03. The molecule has 0 saturated carbocycles. The van der Waals surface area contributed by atoms with Crippen LogP contribution in [0, 0.1) is 5.82 Å². The summed E-state index contributed by atoms with van der Waals surface area (Å²) in [6, 6.07) is 13.6. The molecular formula is C20H19FN4O3. The van der Waals surface area contributed by atoms with E-state index in [0.29, 0.717) is 18.8 Å². The van der Waals surface area contributed by atoms with Gasteiger partial charge in [0, 0.05) is 6.54 Å². The minimum absolute atomic E-state index is 0.205. The quantitative estimate of drug-likeness (QED) is 0.734. The molecule has 8 heteroatoms. The van der Waals surface area contributed by atoms with Crippen LogP contribution in [0.1, 0.15) is 33.4 Å². The number of methoxy groups -OCH3 is 1. The van der Waals surface area contributed by atoms with Crippen molar-refractivity contribution in [2.75, 3.05) is 7.11 Å². The van der Waals surface area contributed by atoms with Crippen molar-refractivity contribution < 1.29 is 18.7 Å². The summed E-state index contributed by atoms with van der Waals surface area (Å²) in [5.74, 6) is 0.122. The average molecular weight is 382 g/mol. The van der Waals surface area contributed by atoms with Crippen LogP contribution in [0.3, 0.4) is 0 Å². The third-order valence-electron chi connectivity index (χ3n) is 4.64. The average Bonchev–Trinajstić information content (AvgIpc) is 3.16. The molecule has 1 aliphatic rings. The minimum Gasteiger partial charge on any atom is -0.497 e. The second-order valence-electron chi connectivity index (χ2n) is 6.45. The monoisotopic (exact) mass is 382 g/mol. The smallest absolute Gasteiger partial charge is 0.274 e. The van der Waals surface area contributed by atoms with Gasteiger partial charge in [0.1, 0.15) is 17.7 Å². The van der Waals surface area contributed by atoms with E-state index in [-0.39, 0.29) is 30.1 Å². The Balaban J connectivity index is 1.43. The number of aromatic nitrogens is 3. The van der Waals surface area contributed by atoms with E-state index in [1.165, 1.54) is 12.1 Å². The summed E-state index contributed by atoms with van der Waals surface area (Å²) in [6.45, 7) is 0.968. The van der Waals surface area contributed by atoms with E-state index in [4.69, 9.17) is 9.47 Å². The number of rotatable bonds is 5. The molecule has 0 bridgehead atoms. The summed E-state index contributed by atoms with van der Waals surface area (Å²) in [5, 5.41) is 11.0. The van der Waals surface area contributed by atoms with E-state index >= 15 is 0 Å². The fraction of sp³-hybridized carbons (Fsp3) is 0.250. The van der Waals surface area contributed by atoms with Crippen molar-refractivity contribution in [2.45, 2.75) is 25.8 Å². The fourth-order valence-electron chi connectivity index (χ4n) is 3.12. The number of fused-ring (bicyclic) bond motifs is 1. The number of nitrogens with zero attached hydrogens (tertiary/aromatic N) is 3. The molecule has 1 atom stereocenters. The SMILES string of the molecule is COc1cccc(CNC(=O)c2nnn3c2COC(c2ccc(F)cc2)C3)c1. The lowest BCUT2D eigenvalue weighted by Crippen LogP contribution is -2.27. The van der Waals surface area contributed by atoms with Crippen LogP contribution in [0.25, 0.3) is 0 Å². The highest BCUT2D eigenvalue weighted by Crippen LogP contribution is 2.27. The third kappa shape index (κ3) is 3.72. The zero-order valence-electron chi connectivity index (χ0n) is 15.3. The van der Waals surface area contributed by atoms with E-state index in [1.807, 2.05) is 24.3 Å². The van der Waals surface area contributed by atoms with Gasteiger partial charge in [-0.25, -0.2) is 9.07 Å². The number of hydrogen-bond donors (Lipinski definition) is 1. The van der Waals surface area contributed by atoms with E-state index < -0.39 is 0 Å². The zero-order chi connectivity index (χ0) is 19.5. The van der Waals surface area contributed by atoms with Crippen LogP contribution in [0.2, 0.25) is 0 Å². The molecule has 0 fully saturated rings. The van der Waals surface area contributed by atoms with E-state index in [9.17, 15) is 9.18 Å². The maximum atomic E-state index is 13.1. The number of carbonyl (C=O) groups is 1. The van der Waals surface area contributed by atoms with E-state index in [1.54, 1.807) is 23.9 Å². The first-order valence-electron chi connectivity index (χ1n) is 8.84. The summed E-state index contributed by atoms with van der Waals surface area (Å²) in [5.41, 5.74) is 2.65. The van der Waals surface area contributed by atoms with Gasteiger partial charge in [-0.3, -0.25) is 4.79 Å². The molecule has 1 amide bonds. The highest BCUT2D eigenvalue weighted by Gasteiger charge is 2.27. The van der Waals surface area contributed by atoms with Gasteiger partial charge in [-0.15, -0.1) is 5.10 Å². The van der Waals surface area contributed by atoms with Gasteiger partial charge in [-0.2, -0.15) is 0 Å². The largest absolute Gasteiger partial charge is 0.497 e. The highest BCUT2D eigenvalue weighted by atomic mass is 19.1. The van der Waals surface area contributed by atoms with Crippen LogP contribution in [0.5, 0.6) is 5.75 Å². The van der Waals surface area contributed by atoms with Gasteiger partial charge < -0.3 is 14.8 Å². The molecule has 0 saturated heterocycles. The van der Waals surface area contributed by atoms with Crippen molar-refractivity contribution in [1.29, 1.82) is 0 Å². The lowest BCUT2D eigenvalue weighted by Gasteiger charge is -2.24. The Labute approximate surface area is 161 Å². The standard InChI is InChI=1S/C20H19FN4O3/c1-27-16-4-2-3-13(9-16)10-22-20(26)19-17-12-28-18(11-25(17)24-23-19)14-5-7-15(21)8-6-14/h2-9,18H,10-12H2,1H3,(H,22,26). The van der Waals surface area contributed by atoms with Crippen molar-refractivity contribution in [3.63, 3.8) is 0 Å². The van der Waals surface area contributed by atoms with Gasteiger partial charge in [0.15, 0.2) is 5.69 Å². The molecule has 0 spiro atoms. The van der Waals surface area contributed by atoms with Crippen LogP contribution < -0.4 is 10.1 Å². The van der Waals surface area contributed by atoms with Gasteiger partial charge >= 0.3 is 0 Å². The van der Waals surface area contributed by atoms with Crippen molar-refractivity contribution >= 4 is 5.91 Å². The summed E-state index contributed by atoms with van der Waals surface area (Å²) in [4.78, 5) is 12.5. The fourth-order valence-corrected chi connectivity index (χ4v) is 3.12. The number of halogens is 1. The molecule has 144 valence electrons. The number of nitrogens with one attached hydrogen (secondary N) is 1. The van der Waals surface area contributed by atoms with Crippen LogP contribution >= 0.6 is 0 Å². The first-order valence-corrected chi connectivity index (χ1v) is 8.84. The molecule has 0 aliphatic carbocycles. The van der Waals surface area contributed by atoms with Gasteiger partial charge in [0.25, 0.3) is 5.91 Å². The van der Waals surface area contributed by atoms with Crippen molar-refractivity contribution in [1.82, 2.24) is 20.3 Å². The molecule has 2 aromatic carbocycles. The van der Waals surface area contributed by atoms with Crippen LogP contribution in [-0.4, -0.2) is 28.0 Å². The van der Waals surface area contributed by atoms with E-state index in [2.05, 4.69) is 15.6 Å². The first-order chi connectivity index (χ1) is 13.6. The maximum absolute atomic E-state index is 13.1. The molecule has 2 heterocycles. The molecule has 1 aromatic heterocycles. The molecule has 0 radical (unpaired) electrons. The molecular weight excluding hydrogens is 363 g/mol. The van der Waals surface area contributed by atoms with Crippen LogP contribution in [0.4, 0.5) is 4.39 Å². The Bertz CT molecular complexity index is 987. The summed E-state index contributed by atoms with van der Waals surface area (Å²) >= 11 is 0. The summed E-state index contributed by atoms with van der Waals surface area (Å²) in [6.07, 6.45) is -0.262. The molecule has 4 rings (SSSR count). The first kappa shape index (κ1) is 18.1. The molecule has 1 N–H and O–H groups in total. The zero-order valence-corrected chi connectivity index (χ0v) is 15.3. The van der Waals surface area contributed by atoms with Crippen LogP contribution in [-0.2, 0) is 24.4 Å². The van der Waals surface area contributed by atoms with Gasteiger partial charge in [-0.05, 0) is 35.4 Å². The Morgan fingerprint density at radius 1 is 1.32 bits per heavy atom. The van der Waals surface area contributed by atoms with Gasteiger partial charge in [0.05, 0.1) is 26.0 Å². The van der Waals surface area contributed by atoms with Gasteiger partial charge in [0.2, 0.25) is 0 Å². The second kappa shape index (κ2) is 7.77. The molecule has 1 unspecified atom stereocenters. The number of amides is 1. The van der Waals surface area contributed by atoms with Crippen molar-refractivity contribution in [2.24, 2.45) is 0 Å². The highest BCUT2D eigenvalue weighted by molar-refractivity contribution is 5.93. The second-order valence-corrected chi connectivity index (χ2v) is 6.45. The third-order valence-corrected chi connectivity index (χ3v) is 4.64. The Hall–Kier alpha value is -3.26. The number of ether oxygens (including phenoxy) is 2. The molecule has 7 nitrogen and oxygen atoms in total. The molecule has 1 aliphatic heterocycles. The van der Waals surface area contributed by atoms with Gasteiger partial charge in [-0.1, -0.05) is 29.5 Å². The number of hydrogen-bond acceptors (Lipinski definition) is 5. The Morgan fingerprint density at radius 3 is 2.93 bits per heavy atom. The predicted octanol–water partition coefficient (Wildman–Crippen LogP) is 2.63. The lowest BCUT2D eigenvalue weighted by molar-refractivity contribution is -0.00180.